The molecule has 106 valence electrons. The number of hydrogen-bond donors (Lipinski definition) is 2. The second-order valence-corrected chi connectivity index (χ2v) is 7.02. The molecule has 0 heterocycles. The molecular weight excluding hydrogens is 260 g/mol. The standard InChI is InChI=1S/C14H22N2O2S/c1-10-8-13(15-3)9-11(2)14(10)19(17,18)16-7-6-12-4-5-12/h8-9,12,15-16H,4-7H2,1-3H3. The maximum atomic E-state index is 12.3. The normalized spacial score (nSPS) is 15.5. The summed E-state index contributed by atoms with van der Waals surface area (Å²) < 4.78 is 27.4. The Bertz CT molecular complexity index is 540. The van der Waals surface area contributed by atoms with Crippen LogP contribution in [-0.2, 0) is 10.0 Å². The first-order chi connectivity index (χ1) is 8.94. The average molecular weight is 282 g/mol. The molecule has 2 N–H and O–H groups in total. The van der Waals surface area contributed by atoms with Crippen LogP contribution >= 0.6 is 0 Å². The highest BCUT2D eigenvalue weighted by atomic mass is 32.2. The Morgan fingerprint density at radius 3 is 2.26 bits per heavy atom. The Labute approximate surface area is 115 Å². The first-order valence-corrected chi connectivity index (χ1v) is 8.21. The minimum absolute atomic E-state index is 0.419. The Morgan fingerprint density at radius 1 is 1.21 bits per heavy atom. The van der Waals surface area contributed by atoms with Crippen molar-refractivity contribution in [3.05, 3.63) is 23.3 Å². The molecule has 1 aliphatic rings. The Balaban J connectivity index is 2.18. The van der Waals surface area contributed by atoms with E-state index >= 15 is 0 Å². The second kappa shape index (κ2) is 5.51. The Morgan fingerprint density at radius 2 is 1.79 bits per heavy atom. The van der Waals surface area contributed by atoms with Gasteiger partial charge < -0.3 is 5.32 Å². The summed E-state index contributed by atoms with van der Waals surface area (Å²) in [5.74, 6) is 0.733. The van der Waals surface area contributed by atoms with Gasteiger partial charge in [-0.15, -0.1) is 0 Å². The van der Waals surface area contributed by atoms with Crippen LogP contribution in [0, 0.1) is 19.8 Å². The van der Waals surface area contributed by atoms with Crippen LogP contribution in [0.4, 0.5) is 5.69 Å². The molecular formula is C14H22N2O2S. The van der Waals surface area contributed by atoms with Gasteiger partial charge in [0.1, 0.15) is 0 Å². The smallest absolute Gasteiger partial charge is 0.241 e. The molecule has 1 aromatic rings. The van der Waals surface area contributed by atoms with E-state index in [2.05, 4.69) is 10.0 Å². The van der Waals surface area contributed by atoms with Crippen LogP contribution in [0.1, 0.15) is 30.4 Å². The largest absolute Gasteiger partial charge is 0.388 e. The minimum atomic E-state index is -3.39. The molecule has 0 aromatic heterocycles. The molecule has 1 aromatic carbocycles. The molecule has 4 nitrogen and oxygen atoms in total. The Hall–Kier alpha value is -1.07. The molecule has 2 rings (SSSR count). The van der Waals surface area contributed by atoms with Crippen LogP contribution < -0.4 is 10.0 Å². The number of benzene rings is 1. The van der Waals surface area contributed by atoms with E-state index in [1.165, 1.54) is 12.8 Å². The van der Waals surface area contributed by atoms with Crippen molar-refractivity contribution in [1.82, 2.24) is 4.72 Å². The molecule has 1 fully saturated rings. The number of sulfonamides is 1. The molecule has 19 heavy (non-hydrogen) atoms. The molecule has 0 bridgehead atoms. The molecule has 5 heteroatoms. The summed E-state index contributed by atoms with van der Waals surface area (Å²) in [7, 11) is -1.56. The van der Waals surface area contributed by atoms with Crippen LogP contribution in [0.2, 0.25) is 0 Å². The molecule has 0 amide bonds. The summed E-state index contributed by atoms with van der Waals surface area (Å²) in [6.07, 6.45) is 3.44. The first-order valence-electron chi connectivity index (χ1n) is 6.72. The van der Waals surface area contributed by atoms with Gasteiger partial charge in [-0.1, -0.05) is 12.8 Å². The zero-order valence-electron chi connectivity index (χ0n) is 11.8. The molecule has 0 spiro atoms. The quantitative estimate of drug-likeness (QED) is 0.842. The van der Waals surface area contributed by atoms with Crippen LogP contribution in [0.25, 0.3) is 0 Å². The van der Waals surface area contributed by atoms with Crippen molar-refractivity contribution in [3.8, 4) is 0 Å². The maximum Gasteiger partial charge on any atom is 0.241 e. The number of nitrogens with one attached hydrogen (secondary N) is 2. The van der Waals surface area contributed by atoms with Crippen molar-refractivity contribution >= 4 is 15.7 Å². The van der Waals surface area contributed by atoms with E-state index in [9.17, 15) is 8.42 Å². The van der Waals surface area contributed by atoms with Gasteiger partial charge in [0.15, 0.2) is 0 Å². The van der Waals surface area contributed by atoms with Gasteiger partial charge in [0.05, 0.1) is 4.90 Å². The third kappa shape index (κ3) is 3.48. The van der Waals surface area contributed by atoms with E-state index in [1.807, 2.05) is 33.0 Å². The topological polar surface area (TPSA) is 58.2 Å². The summed E-state index contributed by atoms with van der Waals surface area (Å²) in [6, 6.07) is 3.73. The number of rotatable bonds is 6. The molecule has 0 saturated heterocycles. The summed E-state index contributed by atoms with van der Waals surface area (Å²) in [4.78, 5) is 0.419. The summed E-state index contributed by atoms with van der Waals surface area (Å²) in [5.41, 5.74) is 2.50. The fourth-order valence-corrected chi connectivity index (χ4v) is 3.89. The van der Waals surface area contributed by atoms with Gasteiger partial charge in [0.25, 0.3) is 0 Å². The fourth-order valence-electron chi connectivity index (χ4n) is 2.39. The van der Waals surface area contributed by atoms with Crippen molar-refractivity contribution in [2.45, 2.75) is 38.0 Å². The van der Waals surface area contributed by atoms with Gasteiger partial charge in [-0.25, -0.2) is 13.1 Å². The summed E-state index contributed by atoms with van der Waals surface area (Å²) >= 11 is 0. The second-order valence-electron chi connectivity index (χ2n) is 5.32. The van der Waals surface area contributed by atoms with Crippen molar-refractivity contribution in [1.29, 1.82) is 0 Å². The molecule has 1 aliphatic carbocycles. The highest BCUT2D eigenvalue weighted by Crippen LogP contribution is 2.32. The highest BCUT2D eigenvalue weighted by Gasteiger charge is 2.23. The van der Waals surface area contributed by atoms with Crippen molar-refractivity contribution in [2.24, 2.45) is 5.92 Å². The van der Waals surface area contributed by atoms with E-state index in [0.717, 1.165) is 29.2 Å². The van der Waals surface area contributed by atoms with E-state index in [4.69, 9.17) is 0 Å². The lowest BCUT2D eigenvalue weighted by molar-refractivity contribution is 0.574. The third-order valence-electron chi connectivity index (χ3n) is 3.56. The summed E-state index contributed by atoms with van der Waals surface area (Å²) in [5, 5.41) is 3.04. The lowest BCUT2D eigenvalue weighted by Gasteiger charge is -2.14. The van der Waals surface area contributed by atoms with E-state index in [1.54, 1.807) is 0 Å². The predicted molar refractivity (Wildman–Crippen MR) is 78.0 cm³/mol. The van der Waals surface area contributed by atoms with Crippen molar-refractivity contribution < 1.29 is 8.42 Å². The summed E-state index contributed by atoms with van der Waals surface area (Å²) in [6.45, 7) is 4.21. The van der Waals surface area contributed by atoms with Gasteiger partial charge in [-0.2, -0.15) is 0 Å². The molecule has 1 saturated carbocycles. The average Bonchev–Trinajstić information content (AvgIpc) is 3.11. The van der Waals surface area contributed by atoms with E-state index < -0.39 is 10.0 Å². The van der Waals surface area contributed by atoms with Crippen LogP contribution in [-0.4, -0.2) is 22.0 Å². The molecule has 0 atom stereocenters. The van der Waals surface area contributed by atoms with Crippen molar-refractivity contribution in [2.75, 3.05) is 18.9 Å². The lowest BCUT2D eigenvalue weighted by Crippen LogP contribution is -2.26. The first kappa shape index (κ1) is 14.3. The predicted octanol–water partition coefficient (Wildman–Crippen LogP) is 2.42. The fraction of sp³-hybridized carbons (Fsp3) is 0.571. The third-order valence-corrected chi connectivity index (χ3v) is 5.32. The number of anilines is 1. The zero-order valence-corrected chi connectivity index (χ0v) is 12.6. The SMILES string of the molecule is CNc1cc(C)c(S(=O)(=O)NCCC2CC2)c(C)c1. The van der Waals surface area contributed by atoms with E-state index in [0.29, 0.717) is 11.4 Å². The molecule has 0 aliphatic heterocycles. The highest BCUT2D eigenvalue weighted by molar-refractivity contribution is 7.89. The van der Waals surface area contributed by atoms with Crippen LogP contribution in [0.5, 0.6) is 0 Å². The van der Waals surface area contributed by atoms with Gasteiger partial charge in [0, 0.05) is 19.3 Å². The molecule has 0 radical (unpaired) electrons. The van der Waals surface area contributed by atoms with E-state index in [-0.39, 0.29) is 0 Å². The minimum Gasteiger partial charge on any atom is -0.388 e. The lowest BCUT2D eigenvalue weighted by atomic mass is 10.1. The Kier molecular flexibility index (Phi) is 4.16. The van der Waals surface area contributed by atoms with Crippen LogP contribution in [0.3, 0.4) is 0 Å². The van der Waals surface area contributed by atoms with Gasteiger partial charge in [-0.05, 0) is 49.4 Å². The van der Waals surface area contributed by atoms with Gasteiger partial charge >= 0.3 is 0 Å². The number of aryl methyl sites for hydroxylation is 2. The van der Waals surface area contributed by atoms with Gasteiger partial charge in [0.2, 0.25) is 10.0 Å². The van der Waals surface area contributed by atoms with Crippen LogP contribution in [0.15, 0.2) is 17.0 Å². The maximum absolute atomic E-state index is 12.3. The monoisotopic (exact) mass is 282 g/mol. The molecule has 0 unspecified atom stereocenters. The van der Waals surface area contributed by atoms with Gasteiger partial charge in [-0.3, -0.25) is 0 Å². The zero-order chi connectivity index (χ0) is 14.0. The number of hydrogen-bond acceptors (Lipinski definition) is 3. The van der Waals surface area contributed by atoms with Crippen molar-refractivity contribution in [3.63, 3.8) is 0 Å².